The summed E-state index contributed by atoms with van der Waals surface area (Å²) in [4.78, 5) is 18.9. The van der Waals surface area contributed by atoms with Crippen molar-refractivity contribution >= 4 is 44.1 Å². The molecular weight excluding hydrogens is 425 g/mol. The first-order valence-corrected chi connectivity index (χ1v) is 10.4. The van der Waals surface area contributed by atoms with Crippen molar-refractivity contribution in [2.75, 3.05) is 10.0 Å². The molecule has 0 saturated carbocycles. The van der Waals surface area contributed by atoms with Crippen LogP contribution < -0.4 is 10.0 Å². The molecule has 0 saturated heterocycles. The van der Waals surface area contributed by atoms with Crippen LogP contribution in [0.4, 0.5) is 27.4 Å². The van der Waals surface area contributed by atoms with E-state index in [-0.39, 0.29) is 22.2 Å². The maximum atomic E-state index is 13.7. The van der Waals surface area contributed by atoms with E-state index in [0.717, 1.165) is 12.1 Å². The van der Waals surface area contributed by atoms with Crippen LogP contribution in [0.2, 0.25) is 0 Å². The van der Waals surface area contributed by atoms with E-state index in [1.807, 2.05) is 0 Å². The minimum atomic E-state index is -3.99. The number of benzene rings is 3. The van der Waals surface area contributed by atoms with E-state index in [2.05, 4.69) is 20.0 Å². The van der Waals surface area contributed by atoms with E-state index in [1.54, 1.807) is 42.5 Å². The lowest BCUT2D eigenvalue weighted by Crippen LogP contribution is -2.16. The monoisotopic (exact) mass is 439 g/mol. The molecule has 0 aliphatic carbocycles. The molecule has 0 bridgehead atoms. The van der Waals surface area contributed by atoms with E-state index in [1.165, 1.54) is 18.2 Å². The molecule has 0 fully saturated rings. The first-order valence-electron chi connectivity index (χ1n) is 8.89. The van der Waals surface area contributed by atoms with Gasteiger partial charge >= 0.3 is 5.69 Å². The van der Waals surface area contributed by atoms with Crippen LogP contribution in [-0.4, -0.2) is 23.3 Å². The highest BCUT2D eigenvalue weighted by atomic mass is 32.2. The van der Waals surface area contributed by atoms with Gasteiger partial charge in [0, 0.05) is 11.8 Å². The minimum Gasteiger partial charge on any atom is -0.337 e. The second-order valence-electron chi connectivity index (χ2n) is 6.38. The number of nitro groups is 1. The Kier molecular flexibility index (Phi) is 5.17. The molecule has 11 heteroatoms. The van der Waals surface area contributed by atoms with E-state index < -0.39 is 26.5 Å². The second-order valence-corrected chi connectivity index (χ2v) is 8.06. The number of aromatic nitrogens is 2. The third kappa shape index (κ3) is 4.26. The maximum absolute atomic E-state index is 13.7. The highest BCUT2D eigenvalue weighted by molar-refractivity contribution is 7.92. The number of anilines is 3. The van der Waals surface area contributed by atoms with E-state index in [9.17, 15) is 22.9 Å². The largest absolute Gasteiger partial charge is 0.337 e. The first-order chi connectivity index (χ1) is 14.8. The normalized spacial score (nSPS) is 11.3. The Bertz CT molecular complexity index is 1400. The van der Waals surface area contributed by atoms with Gasteiger partial charge in [-0.15, -0.1) is 0 Å². The predicted molar refractivity (Wildman–Crippen MR) is 113 cm³/mol. The molecule has 9 nitrogen and oxygen atoms in total. The Labute approximate surface area is 175 Å². The Morgan fingerprint density at radius 3 is 2.13 bits per heavy atom. The van der Waals surface area contributed by atoms with Gasteiger partial charge in [-0.05, 0) is 36.4 Å². The molecule has 0 radical (unpaired) electrons. The maximum Gasteiger partial charge on any atom is 0.306 e. The average Bonchev–Trinajstić information content (AvgIpc) is 2.75. The molecule has 1 heterocycles. The first kappa shape index (κ1) is 20.2. The predicted octanol–water partition coefficient (Wildman–Crippen LogP) is 4.22. The zero-order chi connectivity index (χ0) is 22.0. The van der Waals surface area contributed by atoms with Crippen LogP contribution in [-0.2, 0) is 10.0 Å². The van der Waals surface area contributed by atoms with Crippen molar-refractivity contribution in [1.82, 2.24) is 9.97 Å². The fraction of sp³-hybridized carbons (Fsp3) is 0. The summed E-state index contributed by atoms with van der Waals surface area (Å²) < 4.78 is 41.6. The van der Waals surface area contributed by atoms with Crippen LogP contribution >= 0.6 is 0 Å². The number of hydrogen-bond donors (Lipinski definition) is 2. The summed E-state index contributed by atoms with van der Waals surface area (Å²) in [6, 6.07) is 17.7. The summed E-state index contributed by atoms with van der Waals surface area (Å²) in [5, 5.41) is 13.8. The molecule has 3 aromatic carbocycles. The SMILES string of the molecule is O=[N+]([O-])c1cc(Nc2nc3ccccc3nc2NS(=O)(=O)c2ccccc2)ccc1F. The van der Waals surface area contributed by atoms with Gasteiger partial charge < -0.3 is 5.32 Å². The van der Waals surface area contributed by atoms with Gasteiger partial charge in [0.2, 0.25) is 5.82 Å². The molecule has 1 aromatic heterocycles. The number of fused-ring (bicyclic) bond motifs is 1. The van der Waals surface area contributed by atoms with Crippen LogP contribution in [0.15, 0.2) is 77.7 Å². The quantitative estimate of drug-likeness (QED) is 0.340. The standard InChI is InChI=1S/C20H14FN5O4S/c21-15-11-10-13(12-18(15)26(27)28)22-19-20(24-17-9-5-4-8-16(17)23-19)25-31(29,30)14-6-2-1-3-7-14/h1-12H,(H,22,23)(H,24,25). The van der Waals surface area contributed by atoms with Crippen LogP contribution in [0, 0.1) is 15.9 Å². The van der Waals surface area contributed by atoms with Crippen molar-refractivity contribution in [3.05, 3.63) is 88.7 Å². The van der Waals surface area contributed by atoms with Gasteiger partial charge in [-0.25, -0.2) is 18.4 Å². The Morgan fingerprint density at radius 1 is 0.871 bits per heavy atom. The summed E-state index contributed by atoms with van der Waals surface area (Å²) in [5.41, 5.74) is 0.302. The number of rotatable bonds is 6. The number of nitrogens with zero attached hydrogens (tertiary/aromatic N) is 3. The van der Waals surface area contributed by atoms with Crippen LogP contribution in [0.1, 0.15) is 0 Å². The van der Waals surface area contributed by atoms with Crippen molar-refractivity contribution in [2.24, 2.45) is 0 Å². The number of para-hydroxylation sites is 2. The van der Waals surface area contributed by atoms with E-state index in [4.69, 9.17) is 0 Å². The molecular formula is C20H14FN5O4S. The summed E-state index contributed by atoms with van der Waals surface area (Å²) in [6.45, 7) is 0. The summed E-state index contributed by atoms with van der Waals surface area (Å²) in [6.07, 6.45) is 0. The lowest BCUT2D eigenvalue weighted by atomic mass is 10.2. The zero-order valence-electron chi connectivity index (χ0n) is 15.7. The molecule has 4 aromatic rings. The Balaban J connectivity index is 1.79. The van der Waals surface area contributed by atoms with E-state index >= 15 is 0 Å². The molecule has 156 valence electrons. The highest BCUT2D eigenvalue weighted by Crippen LogP contribution is 2.29. The van der Waals surface area contributed by atoms with Gasteiger partial charge in [0.15, 0.2) is 11.6 Å². The Hall–Kier alpha value is -4.12. The van der Waals surface area contributed by atoms with Gasteiger partial charge in [0.25, 0.3) is 10.0 Å². The van der Waals surface area contributed by atoms with Gasteiger partial charge in [-0.3, -0.25) is 14.8 Å². The molecule has 0 aliphatic rings. The molecule has 4 rings (SSSR count). The second kappa shape index (κ2) is 7.95. The van der Waals surface area contributed by atoms with Gasteiger partial charge in [-0.1, -0.05) is 30.3 Å². The number of hydrogen-bond acceptors (Lipinski definition) is 7. The van der Waals surface area contributed by atoms with Crippen LogP contribution in [0.3, 0.4) is 0 Å². The molecule has 0 spiro atoms. The average molecular weight is 439 g/mol. The van der Waals surface area contributed by atoms with Gasteiger partial charge in [0.1, 0.15) is 0 Å². The van der Waals surface area contributed by atoms with Gasteiger partial charge in [-0.2, -0.15) is 4.39 Å². The molecule has 0 amide bonds. The van der Waals surface area contributed by atoms with Crippen molar-refractivity contribution in [3.63, 3.8) is 0 Å². The van der Waals surface area contributed by atoms with Crippen LogP contribution in [0.5, 0.6) is 0 Å². The molecule has 0 atom stereocenters. The number of halogens is 1. The fourth-order valence-corrected chi connectivity index (χ4v) is 3.84. The number of nitrogens with one attached hydrogen (secondary N) is 2. The van der Waals surface area contributed by atoms with E-state index in [0.29, 0.717) is 11.0 Å². The third-order valence-electron chi connectivity index (χ3n) is 4.26. The highest BCUT2D eigenvalue weighted by Gasteiger charge is 2.20. The lowest BCUT2D eigenvalue weighted by molar-refractivity contribution is -0.387. The fourth-order valence-electron chi connectivity index (χ4n) is 2.81. The Morgan fingerprint density at radius 2 is 1.48 bits per heavy atom. The smallest absolute Gasteiger partial charge is 0.306 e. The number of nitro benzene ring substituents is 1. The third-order valence-corrected chi connectivity index (χ3v) is 5.62. The minimum absolute atomic E-state index is 0.000822. The number of sulfonamides is 1. The van der Waals surface area contributed by atoms with Crippen LogP contribution in [0.25, 0.3) is 11.0 Å². The zero-order valence-corrected chi connectivity index (χ0v) is 16.5. The molecule has 31 heavy (non-hydrogen) atoms. The summed E-state index contributed by atoms with van der Waals surface area (Å²) >= 11 is 0. The molecule has 0 unspecified atom stereocenters. The van der Waals surface area contributed by atoms with Crippen molar-refractivity contribution < 1.29 is 17.7 Å². The summed E-state index contributed by atoms with van der Waals surface area (Å²) in [5.74, 6) is -1.11. The molecule has 0 aliphatic heterocycles. The van der Waals surface area contributed by atoms with Gasteiger partial charge in [0.05, 0.1) is 20.9 Å². The topological polar surface area (TPSA) is 127 Å². The molecule has 2 N–H and O–H groups in total. The van der Waals surface area contributed by atoms with Crippen molar-refractivity contribution in [1.29, 1.82) is 0 Å². The van der Waals surface area contributed by atoms with Crippen molar-refractivity contribution in [3.8, 4) is 0 Å². The summed E-state index contributed by atoms with van der Waals surface area (Å²) in [7, 11) is -3.99. The van der Waals surface area contributed by atoms with Crippen molar-refractivity contribution in [2.45, 2.75) is 4.90 Å². The lowest BCUT2D eigenvalue weighted by Gasteiger charge is -2.14.